The zero-order valence-electron chi connectivity index (χ0n) is 7.36. The van der Waals surface area contributed by atoms with Crippen LogP contribution in [0.3, 0.4) is 0 Å². The number of aromatic nitrogens is 1. The maximum Gasteiger partial charge on any atom is 0.127 e. The van der Waals surface area contributed by atoms with Crippen LogP contribution < -0.4 is 5.73 Å². The van der Waals surface area contributed by atoms with Gasteiger partial charge in [-0.3, -0.25) is 0 Å². The molecule has 0 radical (unpaired) electrons. The van der Waals surface area contributed by atoms with Crippen LogP contribution in [-0.4, -0.2) is 4.98 Å². The van der Waals surface area contributed by atoms with Crippen LogP contribution in [0.2, 0.25) is 5.02 Å². The number of nitrogens with two attached hydrogens (primary N) is 1. The van der Waals surface area contributed by atoms with E-state index in [1.165, 1.54) is 0 Å². The first-order chi connectivity index (χ1) is 5.63. The fourth-order valence-electron chi connectivity index (χ4n) is 0.571. The fraction of sp³-hybridized carbons (Fsp3) is 0.375. The van der Waals surface area contributed by atoms with Gasteiger partial charge in [0, 0.05) is 11.8 Å². The first kappa shape index (κ1) is 11.7. The van der Waals surface area contributed by atoms with Crippen molar-refractivity contribution in [1.82, 2.24) is 4.98 Å². The molecular formula is C8H12BrClN2. The van der Waals surface area contributed by atoms with Crippen LogP contribution >= 0.6 is 27.5 Å². The van der Waals surface area contributed by atoms with E-state index in [9.17, 15) is 0 Å². The Morgan fingerprint density at radius 1 is 1.50 bits per heavy atom. The molecule has 0 saturated carbocycles. The van der Waals surface area contributed by atoms with Crippen molar-refractivity contribution in [2.24, 2.45) is 0 Å². The Morgan fingerprint density at radius 3 is 2.42 bits per heavy atom. The molecule has 0 unspecified atom stereocenters. The lowest BCUT2D eigenvalue weighted by molar-refractivity contribution is 1.26. The zero-order valence-corrected chi connectivity index (χ0v) is 9.70. The molecule has 0 aromatic carbocycles. The van der Waals surface area contributed by atoms with E-state index in [2.05, 4.69) is 20.9 Å². The van der Waals surface area contributed by atoms with Gasteiger partial charge in [-0.05, 0) is 22.9 Å². The lowest BCUT2D eigenvalue weighted by atomic mass is 10.3. The molecule has 0 atom stereocenters. The van der Waals surface area contributed by atoms with Crippen LogP contribution in [-0.2, 0) is 0 Å². The molecule has 0 aliphatic heterocycles. The molecule has 0 saturated heterocycles. The summed E-state index contributed by atoms with van der Waals surface area (Å²) >= 11 is 9.05. The van der Waals surface area contributed by atoms with E-state index in [1.54, 1.807) is 6.20 Å². The van der Waals surface area contributed by atoms with Crippen LogP contribution in [0.5, 0.6) is 0 Å². The quantitative estimate of drug-likeness (QED) is 0.767. The Bertz CT molecular complexity index is 236. The van der Waals surface area contributed by atoms with Gasteiger partial charge in [-0.15, -0.1) is 0 Å². The van der Waals surface area contributed by atoms with Crippen LogP contribution in [0.25, 0.3) is 0 Å². The van der Waals surface area contributed by atoms with E-state index in [0.717, 1.165) is 10.0 Å². The van der Waals surface area contributed by atoms with E-state index in [1.807, 2.05) is 20.8 Å². The van der Waals surface area contributed by atoms with E-state index >= 15 is 0 Å². The van der Waals surface area contributed by atoms with Gasteiger partial charge >= 0.3 is 0 Å². The average molecular weight is 252 g/mol. The van der Waals surface area contributed by atoms with Crippen molar-refractivity contribution >= 4 is 33.3 Å². The monoisotopic (exact) mass is 250 g/mol. The lowest BCUT2D eigenvalue weighted by Gasteiger charge is -2.01. The minimum atomic E-state index is 0.480. The summed E-state index contributed by atoms with van der Waals surface area (Å²) < 4.78 is 0.779. The SMILES string of the molecule is CC.Cc1c(N)ncc(Br)c1Cl. The third-order valence-corrected chi connectivity index (χ3v) is 2.56. The largest absolute Gasteiger partial charge is 0.383 e. The van der Waals surface area contributed by atoms with Crippen LogP contribution in [0.1, 0.15) is 19.4 Å². The summed E-state index contributed by atoms with van der Waals surface area (Å²) in [7, 11) is 0. The van der Waals surface area contributed by atoms with Crippen molar-refractivity contribution < 1.29 is 0 Å². The van der Waals surface area contributed by atoms with E-state index < -0.39 is 0 Å². The number of rotatable bonds is 0. The molecule has 68 valence electrons. The van der Waals surface area contributed by atoms with Crippen LogP contribution in [0, 0.1) is 6.92 Å². The maximum atomic E-state index is 5.82. The molecule has 4 heteroatoms. The molecule has 1 rings (SSSR count). The number of hydrogen-bond acceptors (Lipinski definition) is 2. The van der Waals surface area contributed by atoms with Gasteiger partial charge in [0.25, 0.3) is 0 Å². The molecule has 2 nitrogen and oxygen atoms in total. The normalized spacial score (nSPS) is 8.75. The second-order valence-electron chi connectivity index (χ2n) is 1.93. The molecule has 0 aliphatic carbocycles. The molecular weight excluding hydrogens is 239 g/mol. The van der Waals surface area contributed by atoms with Gasteiger partial charge in [-0.25, -0.2) is 4.98 Å². The Labute approximate surface area is 86.3 Å². The molecule has 1 heterocycles. The molecule has 0 spiro atoms. The second kappa shape index (κ2) is 5.38. The Kier molecular flexibility index (Phi) is 5.25. The highest BCUT2D eigenvalue weighted by molar-refractivity contribution is 9.10. The summed E-state index contributed by atoms with van der Waals surface area (Å²) in [5, 5.41) is 0.632. The Hall–Kier alpha value is -0.280. The predicted octanol–water partition coefficient (Wildman–Crippen LogP) is 3.41. The van der Waals surface area contributed by atoms with E-state index in [-0.39, 0.29) is 0 Å². The summed E-state index contributed by atoms with van der Waals surface area (Å²) in [6.07, 6.45) is 1.59. The molecule has 1 aromatic rings. The standard InChI is InChI=1S/C6H6BrClN2.C2H6/c1-3-5(8)4(7)2-10-6(3)9;1-2/h2H,1H3,(H2,9,10);1-2H3. The average Bonchev–Trinajstić information content (AvgIpc) is 2.12. The minimum Gasteiger partial charge on any atom is -0.383 e. The van der Waals surface area contributed by atoms with Crippen molar-refractivity contribution in [3.8, 4) is 0 Å². The number of halogens is 2. The molecule has 2 N–H and O–H groups in total. The number of anilines is 1. The smallest absolute Gasteiger partial charge is 0.127 e. The zero-order chi connectivity index (χ0) is 9.72. The lowest BCUT2D eigenvalue weighted by Crippen LogP contribution is -1.93. The molecule has 0 amide bonds. The Balaban J connectivity index is 0.000000561. The number of nitrogen functional groups attached to an aromatic ring is 1. The maximum absolute atomic E-state index is 5.82. The topological polar surface area (TPSA) is 38.9 Å². The molecule has 12 heavy (non-hydrogen) atoms. The van der Waals surface area contributed by atoms with Gasteiger partial charge in [-0.2, -0.15) is 0 Å². The van der Waals surface area contributed by atoms with Crippen LogP contribution in [0.4, 0.5) is 5.82 Å². The highest BCUT2D eigenvalue weighted by atomic mass is 79.9. The number of pyridine rings is 1. The van der Waals surface area contributed by atoms with Gasteiger partial charge in [0.2, 0.25) is 0 Å². The van der Waals surface area contributed by atoms with Gasteiger partial charge in [0.1, 0.15) is 5.82 Å². The summed E-state index contributed by atoms with van der Waals surface area (Å²) in [6.45, 7) is 5.83. The van der Waals surface area contributed by atoms with E-state index in [0.29, 0.717) is 10.8 Å². The molecule has 0 bridgehead atoms. The van der Waals surface area contributed by atoms with Gasteiger partial charge in [-0.1, -0.05) is 25.4 Å². The van der Waals surface area contributed by atoms with Gasteiger partial charge < -0.3 is 5.73 Å². The van der Waals surface area contributed by atoms with Gasteiger partial charge in [0.05, 0.1) is 9.50 Å². The van der Waals surface area contributed by atoms with Crippen molar-refractivity contribution in [1.29, 1.82) is 0 Å². The fourth-order valence-corrected chi connectivity index (χ4v) is 1.12. The van der Waals surface area contributed by atoms with Crippen molar-refractivity contribution in [3.05, 3.63) is 21.3 Å². The summed E-state index contributed by atoms with van der Waals surface area (Å²) in [5.41, 5.74) is 6.29. The van der Waals surface area contributed by atoms with Crippen molar-refractivity contribution in [2.45, 2.75) is 20.8 Å². The molecule has 1 aromatic heterocycles. The third-order valence-electron chi connectivity index (χ3n) is 1.24. The third kappa shape index (κ3) is 2.64. The first-order valence-corrected chi connectivity index (χ1v) is 4.86. The Morgan fingerprint density at radius 2 is 2.00 bits per heavy atom. The highest BCUT2D eigenvalue weighted by Crippen LogP contribution is 2.27. The van der Waals surface area contributed by atoms with Crippen molar-refractivity contribution in [2.75, 3.05) is 5.73 Å². The molecule has 0 fully saturated rings. The van der Waals surface area contributed by atoms with Gasteiger partial charge in [0.15, 0.2) is 0 Å². The number of nitrogens with zero attached hydrogens (tertiary/aromatic N) is 1. The predicted molar refractivity (Wildman–Crippen MR) is 57.4 cm³/mol. The second-order valence-corrected chi connectivity index (χ2v) is 3.16. The minimum absolute atomic E-state index is 0.480. The van der Waals surface area contributed by atoms with Crippen molar-refractivity contribution in [3.63, 3.8) is 0 Å². The highest BCUT2D eigenvalue weighted by Gasteiger charge is 2.03. The first-order valence-electron chi connectivity index (χ1n) is 3.69. The summed E-state index contributed by atoms with van der Waals surface area (Å²) in [6, 6.07) is 0. The summed E-state index contributed by atoms with van der Waals surface area (Å²) in [4.78, 5) is 3.89. The summed E-state index contributed by atoms with van der Waals surface area (Å²) in [5.74, 6) is 0.480. The van der Waals surface area contributed by atoms with E-state index in [4.69, 9.17) is 17.3 Å². The number of hydrogen-bond donors (Lipinski definition) is 1. The molecule has 0 aliphatic rings. The van der Waals surface area contributed by atoms with Crippen LogP contribution in [0.15, 0.2) is 10.7 Å².